The third kappa shape index (κ3) is 3.68. The Labute approximate surface area is 155 Å². The molecule has 0 N–H and O–H groups in total. The molecule has 0 spiro atoms. The monoisotopic (exact) mass is 378 g/mol. The summed E-state index contributed by atoms with van der Waals surface area (Å²) in [5, 5.41) is 0. The predicted molar refractivity (Wildman–Crippen MR) is 94.8 cm³/mol. The fourth-order valence-electron chi connectivity index (χ4n) is 3.28. The number of hydrogen-bond acceptors (Lipinski definition) is 6. The van der Waals surface area contributed by atoms with E-state index in [4.69, 9.17) is 0 Å². The molecule has 0 amide bonds. The molecule has 0 bridgehead atoms. The summed E-state index contributed by atoms with van der Waals surface area (Å²) in [4.78, 5) is 20.4. The van der Waals surface area contributed by atoms with Crippen molar-refractivity contribution in [3.63, 3.8) is 0 Å². The number of aromatic nitrogens is 4. The van der Waals surface area contributed by atoms with Crippen molar-refractivity contribution in [1.29, 1.82) is 0 Å². The number of halogens is 3. The molecule has 144 valence electrons. The Morgan fingerprint density at radius 1 is 1.07 bits per heavy atom. The Morgan fingerprint density at radius 2 is 1.78 bits per heavy atom. The number of alkyl halides is 2. The van der Waals surface area contributed by atoms with Crippen molar-refractivity contribution >= 4 is 11.6 Å². The molecule has 3 heterocycles. The van der Waals surface area contributed by atoms with Crippen LogP contribution in [0.1, 0.15) is 49.3 Å². The fraction of sp³-hybridized carbons (Fsp3) is 0.556. The van der Waals surface area contributed by atoms with E-state index in [1.54, 1.807) is 0 Å². The molecule has 9 heteroatoms. The average molecular weight is 378 g/mol. The maximum Gasteiger partial charge on any atom is 0.280 e. The molecule has 2 fully saturated rings. The molecular weight excluding hydrogens is 357 g/mol. The lowest BCUT2D eigenvalue weighted by molar-refractivity contribution is 0.145. The highest BCUT2D eigenvalue weighted by molar-refractivity contribution is 5.47. The van der Waals surface area contributed by atoms with Gasteiger partial charge in [0.2, 0.25) is 0 Å². The van der Waals surface area contributed by atoms with Crippen LogP contribution in [-0.2, 0) is 6.42 Å². The quantitative estimate of drug-likeness (QED) is 0.797. The second-order valence-electron chi connectivity index (χ2n) is 6.87. The lowest BCUT2D eigenvalue weighted by atomic mass is 10.2. The SMILES string of the molecule is CCc1ncnc(N2CCN(c3cc(C(F)F)nc(C4CC4)n3)CC2)c1F. The summed E-state index contributed by atoms with van der Waals surface area (Å²) in [5.41, 5.74) is 0.174. The molecular formula is C18H21F3N6. The largest absolute Gasteiger partial charge is 0.353 e. The first-order valence-electron chi connectivity index (χ1n) is 9.23. The molecule has 0 unspecified atom stereocenters. The van der Waals surface area contributed by atoms with Crippen molar-refractivity contribution in [3.8, 4) is 0 Å². The van der Waals surface area contributed by atoms with Crippen LogP contribution in [0.3, 0.4) is 0 Å². The first-order chi connectivity index (χ1) is 13.1. The summed E-state index contributed by atoms with van der Waals surface area (Å²) >= 11 is 0. The van der Waals surface area contributed by atoms with Crippen LogP contribution >= 0.6 is 0 Å². The second kappa shape index (κ2) is 7.28. The van der Waals surface area contributed by atoms with Gasteiger partial charge >= 0.3 is 0 Å². The van der Waals surface area contributed by atoms with Crippen molar-refractivity contribution in [1.82, 2.24) is 19.9 Å². The smallest absolute Gasteiger partial charge is 0.280 e. The van der Waals surface area contributed by atoms with E-state index in [2.05, 4.69) is 19.9 Å². The fourth-order valence-corrected chi connectivity index (χ4v) is 3.28. The lowest BCUT2D eigenvalue weighted by Crippen LogP contribution is -2.47. The summed E-state index contributed by atoms with van der Waals surface area (Å²) in [6.45, 7) is 4.01. The van der Waals surface area contributed by atoms with Gasteiger partial charge in [-0.25, -0.2) is 33.1 Å². The molecule has 1 saturated carbocycles. The van der Waals surface area contributed by atoms with Crippen LogP contribution in [0, 0.1) is 5.82 Å². The van der Waals surface area contributed by atoms with E-state index >= 15 is 0 Å². The minimum absolute atomic E-state index is 0.200. The number of piperazine rings is 1. The van der Waals surface area contributed by atoms with Gasteiger partial charge in [-0.3, -0.25) is 0 Å². The topological polar surface area (TPSA) is 58.0 Å². The van der Waals surface area contributed by atoms with E-state index in [1.807, 2.05) is 16.7 Å². The van der Waals surface area contributed by atoms with Crippen LogP contribution in [0.25, 0.3) is 0 Å². The van der Waals surface area contributed by atoms with Gasteiger partial charge in [0.15, 0.2) is 11.6 Å². The number of aryl methyl sites for hydroxylation is 1. The Bertz CT molecular complexity index is 798. The van der Waals surface area contributed by atoms with Crippen LogP contribution in [0.5, 0.6) is 0 Å². The minimum atomic E-state index is -2.62. The number of hydrogen-bond donors (Lipinski definition) is 0. The summed E-state index contributed by atoms with van der Waals surface area (Å²) in [6.07, 6.45) is 1.17. The Balaban J connectivity index is 1.51. The molecule has 6 nitrogen and oxygen atoms in total. The molecule has 2 aromatic rings. The highest BCUT2D eigenvalue weighted by Gasteiger charge is 2.30. The second-order valence-corrected chi connectivity index (χ2v) is 6.87. The van der Waals surface area contributed by atoms with Gasteiger partial charge in [0.25, 0.3) is 6.43 Å². The van der Waals surface area contributed by atoms with Crippen molar-refractivity contribution in [2.45, 2.75) is 38.5 Å². The minimum Gasteiger partial charge on any atom is -0.353 e. The van der Waals surface area contributed by atoms with E-state index in [-0.39, 0.29) is 17.4 Å². The maximum atomic E-state index is 14.5. The van der Waals surface area contributed by atoms with Gasteiger partial charge in [0.05, 0.1) is 5.69 Å². The normalized spacial score (nSPS) is 17.7. The van der Waals surface area contributed by atoms with E-state index in [0.29, 0.717) is 55.8 Å². The standard InChI is InChI=1S/C18H21F3N6/c1-2-12-15(19)18(23-10-22-12)27-7-5-26(6-8-27)14-9-13(16(20)21)24-17(25-14)11-3-4-11/h9-11,16H,2-8H2,1H3. The highest BCUT2D eigenvalue weighted by Crippen LogP contribution is 2.39. The molecule has 27 heavy (non-hydrogen) atoms. The molecule has 2 aliphatic rings. The zero-order valence-corrected chi connectivity index (χ0v) is 15.1. The lowest BCUT2D eigenvalue weighted by Gasteiger charge is -2.36. The van der Waals surface area contributed by atoms with Crippen LogP contribution in [-0.4, -0.2) is 46.1 Å². The summed E-state index contributed by atoms with van der Waals surface area (Å²) in [6, 6.07) is 1.37. The van der Waals surface area contributed by atoms with Crippen LogP contribution < -0.4 is 9.80 Å². The number of rotatable bonds is 5. The zero-order valence-electron chi connectivity index (χ0n) is 15.1. The van der Waals surface area contributed by atoms with Gasteiger partial charge in [-0.05, 0) is 19.3 Å². The Hall–Kier alpha value is -2.45. The molecule has 0 atom stereocenters. The first kappa shape index (κ1) is 17.9. The third-order valence-electron chi connectivity index (χ3n) is 5.00. The van der Waals surface area contributed by atoms with E-state index in [1.165, 1.54) is 12.4 Å². The number of anilines is 2. The first-order valence-corrected chi connectivity index (χ1v) is 9.23. The van der Waals surface area contributed by atoms with Crippen LogP contribution in [0.15, 0.2) is 12.4 Å². The third-order valence-corrected chi connectivity index (χ3v) is 5.00. The highest BCUT2D eigenvalue weighted by atomic mass is 19.3. The van der Waals surface area contributed by atoms with Gasteiger partial charge in [0, 0.05) is 38.2 Å². The molecule has 0 radical (unpaired) electrons. The molecule has 4 rings (SSSR count). The van der Waals surface area contributed by atoms with Gasteiger partial charge < -0.3 is 9.80 Å². The molecule has 2 aromatic heterocycles. The molecule has 0 aromatic carbocycles. The van der Waals surface area contributed by atoms with Gasteiger partial charge in [0.1, 0.15) is 23.7 Å². The van der Waals surface area contributed by atoms with Crippen LogP contribution in [0.2, 0.25) is 0 Å². The van der Waals surface area contributed by atoms with E-state index < -0.39 is 6.43 Å². The predicted octanol–water partition coefficient (Wildman–Crippen LogP) is 3.11. The zero-order chi connectivity index (χ0) is 19.0. The Morgan fingerprint density at radius 3 is 2.41 bits per heavy atom. The van der Waals surface area contributed by atoms with Crippen molar-refractivity contribution in [2.24, 2.45) is 0 Å². The summed E-state index contributed by atoms with van der Waals surface area (Å²) < 4.78 is 40.9. The van der Waals surface area contributed by atoms with E-state index in [9.17, 15) is 13.2 Å². The molecule has 1 aliphatic heterocycles. The Kier molecular flexibility index (Phi) is 4.84. The van der Waals surface area contributed by atoms with Gasteiger partial charge in [-0.2, -0.15) is 0 Å². The molecule has 1 aliphatic carbocycles. The summed E-state index contributed by atoms with van der Waals surface area (Å²) in [7, 11) is 0. The van der Waals surface area contributed by atoms with Crippen molar-refractivity contribution < 1.29 is 13.2 Å². The van der Waals surface area contributed by atoms with Gasteiger partial charge in [-0.15, -0.1) is 0 Å². The van der Waals surface area contributed by atoms with Crippen molar-refractivity contribution in [2.75, 3.05) is 36.0 Å². The van der Waals surface area contributed by atoms with E-state index in [0.717, 1.165) is 12.8 Å². The maximum absolute atomic E-state index is 14.5. The van der Waals surface area contributed by atoms with Crippen molar-refractivity contribution in [3.05, 3.63) is 35.4 Å². The average Bonchev–Trinajstić information content (AvgIpc) is 3.53. The van der Waals surface area contributed by atoms with Gasteiger partial charge in [-0.1, -0.05) is 6.92 Å². The number of nitrogens with zero attached hydrogens (tertiary/aromatic N) is 6. The van der Waals surface area contributed by atoms with Crippen LogP contribution in [0.4, 0.5) is 24.8 Å². The summed E-state index contributed by atoms with van der Waals surface area (Å²) in [5.74, 6) is 1.16. The molecule has 1 saturated heterocycles.